The lowest BCUT2D eigenvalue weighted by Gasteiger charge is -2.14. The number of hydrogen-bond acceptors (Lipinski definition) is 5. The highest BCUT2D eigenvalue weighted by atomic mass is 16.7. The predicted octanol–water partition coefficient (Wildman–Crippen LogP) is 3.69. The molecule has 0 aromatic heterocycles. The normalized spacial score (nSPS) is 11.7. The Morgan fingerprint density at radius 2 is 1.95 bits per heavy atom. The lowest BCUT2D eigenvalue weighted by molar-refractivity contribution is -0.384. The van der Waals surface area contributed by atoms with Crippen LogP contribution >= 0.6 is 0 Å². The standard InChI is InChI=1S/C13H17NO5/c1-3-5-11(4-2)18-13(15)19-12-8-6-10(7-9-12)14(16)17/h6-9,11H,3-5H2,1-2H3/t11-/m1/s1. The minimum Gasteiger partial charge on any atom is -0.431 e. The van der Waals surface area contributed by atoms with Crippen molar-refractivity contribution in [2.75, 3.05) is 0 Å². The molecule has 1 aromatic rings. The number of nitro groups is 1. The topological polar surface area (TPSA) is 78.7 Å². The number of ether oxygens (including phenoxy) is 2. The smallest absolute Gasteiger partial charge is 0.431 e. The molecule has 0 bridgehead atoms. The number of nitro benzene ring substituents is 1. The summed E-state index contributed by atoms with van der Waals surface area (Å²) in [5.74, 6) is 0.224. The average Bonchev–Trinajstić information content (AvgIpc) is 2.38. The second kappa shape index (κ2) is 7.35. The van der Waals surface area contributed by atoms with E-state index in [9.17, 15) is 14.9 Å². The van der Waals surface area contributed by atoms with E-state index in [0.29, 0.717) is 0 Å². The molecule has 1 atom stereocenters. The van der Waals surface area contributed by atoms with Crippen molar-refractivity contribution >= 4 is 11.8 Å². The van der Waals surface area contributed by atoms with Gasteiger partial charge in [0.2, 0.25) is 0 Å². The molecule has 0 heterocycles. The summed E-state index contributed by atoms with van der Waals surface area (Å²) in [5, 5.41) is 10.5. The SMILES string of the molecule is CCC[C@@H](CC)OC(=O)Oc1ccc([N+](=O)[O-])cc1. The summed E-state index contributed by atoms with van der Waals surface area (Å²) in [4.78, 5) is 21.4. The van der Waals surface area contributed by atoms with E-state index in [1.54, 1.807) is 0 Å². The summed E-state index contributed by atoms with van der Waals surface area (Å²) in [7, 11) is 0. The maximum atomic E-state index is 11.5. The van der Waals surface area contributed by atoms with Crippen molar-refractivity contribution in [3.63, 3.8) is 0 Å². The molecular weight excluding hydrogens is 250 g/mol. The molecule has 0 radical (unpaired) electrons. The molecule has 0 saturated heterocycles. The molecule has 0 N–H and O–H groups in total. The number of carbonyl (C=O) groups is 1. The van der Waals surface area contributed by atoms with Crippen LogP contribution in [0.4, 0.5) is 10.5 Å². The monoisotopic (exact) mass is 267 g/mol. The lowest BCUT2D eigenvalue weighted by atomic mass is 10.2. The Morgan fingerprint density at radius 3 is 2.42 bits per heavy atom. The van der Waals surface area contributed by atoms with E-state index >= 15 is 0 Å². The fourth-order valence-corrected chi connectivity index (χ4v) is 1.56. The van der Waals surface area contributed by atoms with Gasteiger partial charge in [-0.15, -0.1) is 0 Å². The van der Waals surface area contributed by atoms with Crippen LogP contribution in [0.15, 0.2) is 24.3 Å². The summed E-state index contributed by atoms with van der Waals surface area (Å²) in [5.41, 5.74) is -0.0573. The van der Waals surface area contributed by atoms with Gasteiger partial charge in [-0.1, -0.05) is 20.3 Å². The second-order valence-corrected chi connectivity index (χ2v) is 4.04. The zero-order chi connectivity index (χ0) is 14.3. The van der Waals surface area contributed by atoms with E-state index < -0.39 is 11.1 Å². The Labute approximate surface area is 111 Å². The number of non-ortho nitro benzene ring substituents is 1. The van der Waals surface area contributed by atoms with Crippen molar-refractivity contribution < 1.29 is 19.2 Å². The molecule has 104 valence electrons. The van der Waals surface area contributed by atoms with Gasteiger partial charge in [-0.2, -0.15) is 0 Å². The Balaban J connectivity index is 2.54. The molecule has 0 spiro atoms. The summed E-state index contributed by atoms with van der Waals surface area (Å²) >= 11 is 0. The molecule has 0 fully saturated rings. The van der Waals surface area contributed by atoms with Crippen molar-refractivity contribution in [3.8, 4) is 5.75 Å². The second-order valence-electron chi connectivity index (χ2n) is 4.04. The molecule has 0 saturated carbocycles. The van der Waals surface area contributed by atoms with Crippen molar-refractivity contribution in [1.82, 2.24) is 0 Å². The highest BCUT2D eigenvalue weighted by Gasteiger charge is 2.14. The third-order valence-electron chi connectivity index (χ3n) is 2.58. The Morgan fingerprint density at radius 1 is 1.32 bits per heavy atom. The number of benzene rings is 1. The largest absolute Gasteiger partial charge is 0.514 e. The predicted molar refractivity (Wildman–Crippen MR) is 69.2 cm³/mol. The minimum absolute atomic E-state index is 0.0573. The van der Waals surface area contributed by atoms with Gasteiger partial charge in [-0.25, -0.2) is 4.79 Å². The number of rotatable bonds is 6. The molecule has 0 unspecified atom stereocenters. The Kier molecular flexibility index (Phi) is 5.78. The van der Waals surface area contributed by atoms with Crippen LogP contribution in [0.3, 0.4) is 0 Å². The average molecular weight is 267 g/mol. The summed E-state index contributed by atoms with van der Waals surface area (Å²) in [6, 6.07) is 5.26. The van der Waals surface area contributed by atoms with Crippen LogP contribution in [0.25, 0.3) is 0 Å². The third-order valence-corrected chi connectivity index (χ3v) is 2.58. The van der Waals surface area contributed by atoms with Crippen LogP contribution < -0.4 is 4.74 Å². The van der Waals surface area contributed by atoms with E-state index in [0.717, 1.165) is 19.3 Å². The number of carbonyl (C=O) groups excluding carboxylic acids is 1. The van der Waals surface area contributed by atoms with Gasteiger partial charge in [0.15, 0.2) is 0 Å². The fraction of sp³-hybridized carbons (Fsp3) is 0.462. The van der Waals surface area contributed by atoms with Gasteiger partial charge in [0, 0.05) is 12.1 Å². The van der Waals surface area contributed by atoms with Crippen LogP contribution in [0.2, 0.25) is 0 Å². The molecule has 19 heavy (non-hydrogen) atoms. The van der Waals surface area contributed by atoms with Crippen molar-refractivity contribution in [3.05, 3.63) is 34.4 Å². The highest BCUT2D eigenvalue weighted by molar-refractivity contribution is 5.64. The molecule has 0 amide bonds. The quantitative estimate of drug-likeness (QED) is 0.340. The first-order valence-corrected chi connectivity index (χ1v) is 6.19. The van der Waals surface area contributed by atoms with Crippen LogP contribution in [0.5, 0.6) is 5.75 Å². The molecule has 0 aliphatic heterocycles. The van der Waals surface area contributed by atoms with Crippen LogP contribution in [0.1, 0.15) is 33.1 Å². The van der Waals surface area contributed by atoms with Gasteiger partial charge in [-0.05, 0) is 25.0 Å². The third kappa shape index (κ3) is 4.95. The summed E-state index contributed by atoms with van der Waals surface area (Å²) in [6.07, 6.45) is 1.49. The molecule has 0 aliphatic carbocycles. The van der Waals surface area contributed by atoms with Crippen LogP contribution in [0, 0.1) is 10.1 Å². The molecule has 0 aliphatic rings. The first-order valence-electron chi connectivity index (χ1n) is 6.19. The minimum atomic E-state index is -0.783. The molecule has 1 rings (SSSR count). The van der Waals surface area contributed by atoms with E-state index in [-0.39, 0.29) is 17.5 Å². The highest BCUT2D eigenvalue weighted by Crippen LogP contribution is 2.18. The zero-order valence-corrected chi connectivity index (χ0v) is 11.0. The maximum Gasteiger partial charge on any atom is 0.514 e. The van der Waals surface area contributed by atoms with Gasteiger partial charge in [-0.3, -0.25) is 10.1 Å². The van der Waals surface area contributed by atoms with E-state index in [4.69, 9.17) is 9.47 Å². The molecule has 1 aromatic carbocycles. The number of nitrogens with zero attached hydrogens (tertiary/aromatic N) is 1. The summed E-state index contributed by atoms with van der Waals surface area (Å²) in [6.45, 7) is 3.94. The number of hydrogen-bond donors (Lipinski definition) is 0. The summed E-state index contributed by atoms with van der Waals surface area (Å²) < 4.78 is 10.1. The van der Waals surface area contributed by atoms with E-state index in [1.165, 1.54) is 24.3 Å². The zero-order valence-electron chi connectivity index (χ0n) is 11.0. The van der Waals surface area contributed by atoms with Crippen molar-refractivity contribution in [2.24, 2.45) is 0 Å². The van der Waals surface area contributed by atoms with Gasteiger partial charge in [0.25, 0.3) is 5.69 Å². The van der Waals surface area contributed by atoms with Gasteiger partial charge < -0.3 is 9.47 Å². The van der Waals surface area contributed by atoms with E-state index in [1.807, 2.05) is 13.8 Å². The van der Waals surface area contributed by atoms with Crippen molar-refractivity contribution in [2.45, 2.75) is 39.2 Å². The van der Waals surface area contributed by atoms with Crippen LogP contribution in [-0.2, 0) is 4.74 Å². The first kappa shape index (κ1) is 14.9. The van der Waals surface area contributed by atoms with E-state index in [2.05, 4.69) is 0 Å². The lowest BCUT2D eigenvalue weighted by Crippen LogP contribution is -2.20. The molecule has 6 heteroatoms. The Hall–Kier alpha value is -2.11. The van der Waals surface area contributed by atoms with Crippen molar-refractivity contribution in [1.29, 1.82) is 0 Å². The maximum absolute atomic E-state index is 11.5. The van der Waals surface area contributed by atoms with Gasteiger partial charge in [0.05, 0.1) is 4.92 Å². The van der Waals surface area contributed by atoms with Gasteiger partial charge in [0.1, 0.15) is 11.9 Å². The van der Waals surface area contributed by atoms with Crippen LogP contribution in [-0.4, -0.2) is 17.2 Å². The first-order chi connectivity index (χ1) is 9.06. The fourth-order valence-electron chi connectivity index (χ4n) is 1.56. The Bertz CT molecular complexity index is 429. The van der Waals surface area contributed by atoms with Gasteiger partial charge >= 0.3 is 6.16 Å². The molecular formula is C13H17NO5. The molecule has 6 nitrogen and oxygen atoms in total.